The highest BCUT2D eigenvalue weighted by molar-refractivity contribution is 7.92. The van der Waals surface area contributed by atoms with Crippen molar-refractivity contribution in [2.45, 2.75) is 38.3 Å². The smallest absolute Gasteiger partial charge is 0.264 e. The molecule has 0 aliphatic rings. The number of nitrogens with zero attached hydrogens (tertiary/aromatic N) is 2. The highest BCUT2D eigenvalue weighted by atomic mass is 35.5. The monoisotopic (exact) mass is 609 g/mol. The molecular weight excluding hydrogens is 581 g/mol. The van der Waals surface area contributed by atoms with Crippen LogP contribution in [0.2, 0.25) is 15.1 Å². The molecule has 11 heteroatoms. The molecule has 7 nitrogen and oxygen atoms in total. The maximum atomic E-state index is 13.9. The van der Waals surface area contributed by atoms with Crippen LogP contribution in [0.1, 0.15) is 26.3 Å². The Morgan fingerprint density at radius 2 is 1.56 bits per heavy atom. The number of rotatable bonds is 11. The van der Waals surface area contributed by atoms with Crippen LogP contribution >= 0.6 is 34.8 Å². The molecule has 0 saturated carbocycles. The van der Waals surface area contributed by atoms with Gasteiger partial charge in [-0.15, -0.1) is 0 Å². The quantitative estimate of drug-likeness (QED) is 0.287. The third kappa shape index (κ3) is 8.11. The van der Waals surface area contributed by atoms with Crippen molar-refractivity contribution in [3.05, 3.63) is 93.4 Å². The summed E-state index contributed by atoms with van der Waals surface area (Å²) < 4.78 is 28.4. The molecule has 0 spiro atoms. The average molecular weight is 611 g/mol. The number of benzene rings is 3. The summed E-state index contributed by atoms with van der Waals surface area (Å²) in [5.41, 5.74) is 0.840. The van der Waals surface area contributed by atoms with Gasteiger partial charge in [-0.05, 0) is 60.9 Å². The molecule has 1 atom stereocenters. The molecule has 0 aliphatic carbocycles. The normalized spacial score (nSPS) is 12.2. The third-order valence-electron chi connectivity index (χ3n) is 5.90. The van der Waals surface area contributed by atoms with Crippen LogP contribution in [0.25, 0.3) is 0 Å². The molecule has 0 radical (unpaired) electrons. The maximum Gasteiger partial charge on any atom is 0.264 e. The second-order valence-corrected chi connectivity index (χ2v) is 12.5. The summed E-state index contributed by atoms with van der Waals surface area (Å²) in [6.45, 7) is 5.37. The Bertz CT molecular complexity index is 1420. The van der Waals surface area contributed by atoms with Gasteiger partial charge < -0.3 is 10.2 Å². The Labute approximate surface area is 244 Å². The lowest BCUT2D eigenvalue weighted by molar-refractivity contribution is -0.139. The highest BCUT2D eigenvalue weighted by Gasteiger charge is 2.32. The second kappa shape index (κ2) is 13.5. The Hall–Kier alpha value is -2.78. The molecule has 0 bridgehead atoms. The number of halogens is 3. The van der Waals surface area contributed by atoms with Crippen molar-refractivity contribution in [2.24, 2.45) is 5.92 Å². The second-order valence-electron chi connectivity index (χ2n) is 9.39. The molecule has 1 N–H and O–H groups in total. The van der Waals surface area contributed by atoms with Crippen LogP contribution in [0, 0.1) is 5.92 Å². The fraction of sp³-hybridized carbons (Fsp3) is 0.286. The van der Waals surface area contributed by atoms with Gasteiger partial charge in [0.05, 0.1) is 20.6 Å². The van der Waals surface area contributed by atoms with Crippen molar-refractivity contribution in [1.29, 1.82) is 0 Å². The van der Waals surface area contributed by atoms with Crippen LogP contribution in [-0.4, -0.2) is 44.3 Å². The van der Waals surface area contributed by atoms with Gasteiger partial charge in [0.1, 0.15) is 12.6 Å². The summed E-state index contributed by atoms with van der Waals surface area (Å²) in [5, 5.41) is 3.80. The fourth-order valence-corrected chi connectivity index (χ4v) is 5.68. The van der Waals surface area contributed by atoms with Gasteiger partial charge in [0.15, 0.2) is 0 Å². The first-order valence-corrected chi connectivity index (χ1v) is 14.8. The van der Waals surface area contributed by atoms with Gasteiger partial charge in [-0.25, -0.2) is 8.42 Å². The largest absolute Gasteiger partial charge is 0.354 e. The molecule has 0 saturated heterocycles. The van der Waals surface area contributed by atoms with Crippen LogP contribution in [0.3, 0.4) is 0 Å². The van der Waals surface area contributed by atoms with Crippen molar-refractivity contribution < 1.29 is 18.0 Å². The summed E-state index contributed by atoms with van der Waals surface area (Å²) in [6.07, 6.45) is 0. The molecule has 0 aromatic heterocycles. The maximum absolute atomic E-state index is 13.9. The zero-order valence-electron chi connectivity index (χ0n) is 21.8. The minimum absolute atomic E-state index is 0.000752. The first-order chi connectivity index (χ1) is 18.4. The van der Waals surface area contributed by atoms with E-state index < -0.39 is 28.5 Å². The Balaban J connectivity index is 2.01. The standard InChI is InChI=1S/C28H30Cl3N3O4S/c1-19(2)16-32-28(36)20(3)33(17-21-12-13-25(30)26(31)14-21)27(35)18-34(23-9-7-8-22(29)15-23)39(37,38)24-10-5-4-6-11-24/h4-15,19-20H,16-18H2,1-3H3,(H,32,36). The fourth-order valence-electron chi connectivity index (χ4n) is 3.75. The summed E-state index contributed by atoms with van der Waals surface area (Å²) in [6, 6.07) is 18.0. The van der Waals surface area contributed by atoms with E-state index in [9.17, 15) is 18.0 Å². The van der Waals surface area contributed by atoms with E-state index in [1.54, 1.807) is 61.5 Å². The van der Waals surface area contributed by atoms with Crippen LogP contribution < -0.4 is 9.62 Å². The predicted octanol–water partition coefficient (Wildman–Crippen LogP) is 6.03. The minimum Gasteiger partial charge on any atom is -0.354 e. The zero-order chi connectivity index (χ0) is 28.7. The minimum atomic E-state index is -4.16. The molecule has 39 heavy (non-hydrogen) atoms. The van der Waals surface area contributed by atoms with Gasteiger partial charge >= 0.3 is 0 Å². The van der Waals surface area contributed by atoms with Crippen LogP contribution in [0.15, 0.2) is 77.7 Å². The molecule has 2 amide bonds. The van der Waals surface area contributed by atoms with Crippen molar-refractivity contribution in [1.82, 2.24) is 10.2 Å². The lowest BCUT2D eigenvalue weighted by atomic mass is 10.1. The number of hydrogen-bond acceptors (Lipinski definition) is 4. The number of sulfonamides is 1. The van der Waals surface area contributed by atoms with Crippen molar-refractivity contribution in [2.75, 3.05) is 17.4 Å². The van der Waals surface area contributed by atoms with Crippen LogP contribution in [0.5, 0.6) is 0 Å². The van der Waals surface area contributed by atoms with E-state index in [4.69, 9.17) is 34.8 Å². The van der Waals surface area contributed by atoms with Gasteiger partial charge in [0.25, 0.3) is 10.0 Å². The molecule has 1 unspecified atom stereocenters. The van der Waals surface area contributed by atoms with Crippen molar-refractivity contribution >= 4 is 62.3 Å². The van der Waals surface area contributed by atoms with Gasteiger partial charge in [0, 0.05) is 18.1 Å². The Morgan fingerprint density at radius 3 is 2.18 bits per heavy atom. The van der Waals surface area contributed by atoms with E-state index in [2.05, 4.69) is 5.32 Å². The molecule has 3 aromatic rings. The Kier molecular flexibility index (Phi) is 10.7. The van der Waals surface area contributed by atoms with E-state index >= 15 is 0 Å². The third-order valence-corrected chi connectivity index (χ3v) is 8.66. The molecule has 3 rings (SSSR count). The molecule has 0 fully saturated rings. The molecular formula is C28H30Cl3N3O4S. The summed E-state index contributed by atoms with van der Waals surface area (Å²) >= 11 is 18.4. The van der Waals surface area contributed by atoms with Gasteiger partial charge in [-0.3, -0.25) is 13.9 Å². The van der Waals surface area contributed by atoms with Crippen LogP contribution in [0.4, 0.5) is 5.69 Å². The van der Waals surface area contributed by atoms with Crippen molar-refractivity contribution in [3.8, 4) is 0 Å². The highest BCUT2D eigenvalue weighted by Crippen LogP contribution is 2.27. The van der Waals surface area contributed by atoms with E-state index in [0.717, 1.165) is 4.31 Å². The number of nitrogens with one attached hydrogen (secondary N) is 1. The number of carbonyl (C=O) groups excluding carboxylic acids is 2. The number of hydrogen-bond donors (Lipinski definition) is 1. The molecule has 3 aromatic carbocycles. The number of anilines is 1. The summed E-state index contributed by atoms with van der Waals surface area (Å²) in [4.78, 5) is 28.2. The molecule has 208 valence electrons. The number of amides is 2. The van der Waals surface area contributed by atoms with Crippen molar-refractivity contribution in [3.63, 3.8) is 0 Å². The van der Waals surface area contributed by atoms with Gasteiger partial charge in [0.2, 0.25) is 11.8 Å². The number of carbonyl (C=O) groups is 2. The lowest BCUT2D eigenvalue weighted by Gasteiger charge is -2.32. The van der Waals surface area contributed by atoms with E-state index in [0.29, 0.717) is 27.2 Å². The topological polar surface area (TPSA) is 86.8 Å². The molecule has 0 heterocycles. The predicted molar refractivity (Wildman–Crippen MR) is 157 cm³/mol. The molecule has 0 aliphatic heterocycles. The Morgan fingerprint density at radius 1 is 0.872 bits per heavy atom. The summed E-state index contributed by atoms with van der Waals surface area (Å²) in [7, 11) is -4.16. The first kappa shape index (κ1) is 30.8. The van der Waals surface area contributed by atoms with Gasteiger partial charge in [-0.1, -0.05) is 79.0 Å². The van der Waals surface area contributed by atoms with E-state index in [1.807, 2.05) is 13.8 Å². The SMILES string of the molecule is CC(C)CNC(=O)C(C)N(Cc1ccc(Cl)c(Cl)c1)C(=O)CN(c1cccc(Cl)c1)S(=O)(=O)c1ccccc1. The summed E-state index contributed by atoms with van der Waals surface area (Å²) in [5.74, 6) is -0.750. The lowest BCUT2D eigenvalue weighted by Crippen LogP contribution is -2.51. The average Bonchev–Trinajstić information content (AvgIpc) is 2.90. The zero-order valence-corrected chi connectivity index (χ0v) is 24.9. The van der Waals surface area contributed by atoms with Gasteiger partial charge in [-0.2, -0.15) is 0 Å². The first-order valence-electron chi connectivity index (χ1n) is 12.2. The van der Waals surface area contributed by atoms with E-state index in [1.165, 1.54) is 23.1 Å². The van der Waals surface area contributed by atoms with Crippen LogP contribution in [-0.2, 0) is 26.2 Å². The van der Waals surface area contributed by atoms with E-state index in [-0.39, 0.29) is 29.0 Å².